The van der Waals surface area contributed by atoms with Crippen LogP contribution < -0.4 is 0 Å². The van der Waals surface area contributed by atoms with Gasteiger partial charge < -0.3 is 9.80 Å². The first kappa shape index (κ1) is 23.5. The number of rotatable bonds is 8. The van der Waals surface area contributed by atoms with Gasteiger partial charge in [-0.3, -0.25) is 19.3 Å². The number of carbonyl (C=O) groups is 3. The smallest absolute Gasteiger partial charge is 0.236 e. The summed E-state index contributed by atoms with van der Waals surface area (Å²) in [5.74, 6) is 0.256. The van der Waals surface area contributed by atoms with Crippen molar-refractivity contribution in [2.45, 2.75) is 58.8 Å². The maximum Gasteiger partial charge on any atom is 0.236 e. The minimum Gasteiger partial charge on any atom is -0.342 e. The van der Waals surface area contributed by atoms with Crippen molar-refractivity contribution in [1.82, 2.24) is 14.7 Å². The third-order valence-electron chi connectivity index (χ3n) is 6.65. The monoisotopic (exact) mass is 427 g/mol. The molecule has 1 fully saturated rings. The second-order valence-corrected chi connectivity index (χ2v) is 8.69. The molecule has 1 aromatic rings. The minimum absolute atomic E-state index is 0.0447. The van der Waals surface area contributed by atoms with Crippen molar-refractivity contribution in [2.24, 2.45) is 0 Å². The molecule has 0 saturated carbocycles. The normalized spacial score (nSPS) is 17.0. The van der Waals surface area contributed by atoms with E-state index in [1.165, 1.54) is 24.0 Å². The molecule has 1 aromatic carbocycles. The maximum atomic E-state index is 12.7. The van der Waals surface area contributed by atoms with Crippen LogP contribution in [-0.4, -0.2) is 78.1 Å². The van der Waals surface area contributed by atoms with Crippen LogP contribution in [0.2, 0.25) is 0 Å². The fraction of sp³-hybridized carbons (Fsp3) is 0.640. The molecule has 6 heteroatoms. The maximum absolute atomic E-state index is 12.7. The Morgan fingerprint density at radius 3 is 2.35 bits per heavy atom. The lowest BCUT2D eigenvalue weighted by Gasteiger charge is -2.25. The number of hydrogen-bond acceptors (Lipinski definition) is 4. The van der Waals surface area contributed by atoms with Crippen molar-refractivity contribution in [2.75, 3.05) is 45.8 Å². The Balaban J connectivity index is 1.46. The molecule has 1 aliphatic heterocycles. The highest BCUT2D eigenvalue weighted by Crippen LogP contribution is 2.23. The van der Waals surface area contributed by atoms with Gasteiger partial charge in [0.15, 0.2) is 5.78 Å². The summed E-state index contributed by atoms with van der Waals surface area (Å²) in [6.07, 6.45) is 5.95. The molecule has 0 bridgehead atoms. The van der Waals surface area contributed by atoms with Gasteiger partial charge in [-0.15, -0.1) is 0 Å². The van der Waals surface area contributed by atoms with Crippen molar-refractivity contribution >= 4 is 17.6 Å². The van der Waals surface area contributed by atoms with Crippen LogP contribution in [0.5, 0.6) is 0 Å². The van der Waals surface area contributed by atoms with Crippen LogP contribution in [0.4, 0.5) is 0 Å². The zero-order valence-corrected chi connectivity index (χ0v) is 19.2. The summed E-state index contributed by atoms with van der Waals surface area (Å²) >= 11 is 0. The third kappa shape index (κ3) is 6.39. The standard InChI is InChI=1S/C25H37N3O3/c1-3-27(4-2)25(31)19-26-14-7-15-28(17-16-26)24(30)13-12-23(29)22-11-10-20-8-5-6-9-21(20)18-22/h10-11,18H,3-9,12-17,19H2,1-2H3. The highest BCUT2D eigenvalue weighted by Gasteiger charge is 2.22. The second-order valence-electron chi connectivity index (χ2n) is 8.69. The molecule has 0 atom stereocenters. The quantitative estimate of drug-likeness (QED) is 0.599. The zero-order valence-electron chi connectivity index (χ0n) is 19.2. The molecule has 0 N–H and O–H groups in total. The van der Waals surface area contributed by atoms with E-state index in [4.69, 9.17) is 0 Å². The molecule has 31 heavy (non-hydrogen) atoms. The van der Waals surface area contributed by atoms with E-state index < -0.39 is 0 Å². The third-order valence-corrected chi connectivity index (χ3v) is 6.65. The van der Waals surface area contributed by atoms with Crippen molar-refractivity contribution in [1.29, 1.82) is 0 Å². The number of amides is 2. The molecule has 1 saturated heterocycles. The number of Topliss-reactive ketones (excluding diaryl/α,β-unsaturated/α-hetero) is 1. The predicted molar refractivity (Wildman–Crippen MR) is 122 cm³/mol. The van der Waals surface area contributed by atoms with E-state index in [0.29, 0.717) is 26.2 Å². The van der Waals surface area contributed by atoms with Gasteiger partial charge in [-0.2, -0.15) is 0 Å². The van der Waals surface area contributed by atoms with Crippen LogP contribution in [0.1, 0.15) is 67.4 Å². The van der Waals surface area contributed by atoms with Gasteiger partial charge in [0.1, 0.15) is 0 Å². The van der Waals surface area contributed by atoms with Gasteiger partial charge in [0.25, 0.3) is 0 Å². The number of fused-ring (bicyclic) bond motifs is 1. The first-order chi connectivity index (χ1) is 15.0. The molecule has 1 aliphatic carbocycles. The van der Waals surface area contributed by atoms with Gasteiger partial charge in [0.2, 0.25) is 11.8 Å². The molecular formula is C25H37N3O3. The van der Waals surface area contributed by atoms with Gasteiger partial charge >= 0.3 is 0 Å². The van der Waals surface area contributed by atoms with Crippen molar-refractivity contribution in [3.05, 3.63) is 34.9 Å². The SMILES string of the molecule is CCN(CC)C(=O)CN1CCCN(C(=O)CCC(=O)c2ccc3c(c2)CCCC3)CC1. The van der Waals surface area contributed by atoms with Gasteiger partial charge in [0.05, 0.1) is 6.54 Å². The summed E-state index contributed by atoms with van der Waals surface area (Å²) in [7, 11) is 0. The highest BCUT2D eigenvalue weighted by atomic mass is 16.2. The molecule has 0 spiro atoms. The molecule has 0 radical (unpaired) electrons. The number of hydrogen-bond donors (Lipinski definition) is 0. The molecule has 2 aliphatic rings. The summed E-state index contributed by atoms with van der Waals surface area (Å²) in [5, 5.41) is 0. The van der Waals surface area contributed by atoms with E-state index in [2.05, 4.69) is 11.0 Å². The van der Waals surface area contributed by atoms with Crippen LogP contribution in [0, 0.1) is 0 Å². The molecule has 0 aromatic heterocycles. The molecule has 1 heterocycles. The fourth-order valence-corrected chi connectivity index (χ4v) is 4.68. The lowest BCUT2D eigenvalue weighted by molar-refractivity contribution is -0.132. The average Bonchev–Trinajstić information content (AvgIpc) is 3.03. The average molecular weight is 428 g/mol. The largest absolute Gasteiger partial charge is 0.342 e. The number of ketones is 1. The summed E-state index contributed by atoms with van der Waals surface area (Å²) in [6, 6.07) is 6.05. The van der Waals surface area contributed by atoms with E-state index >= 15 is 0 Å². The van der Waals surface area contributed by atoms with Crippen molar-refractivity contribution in [3.63, 3.8) is 0 Å². The molecular weight excluding hydrogens is 390 g/mol. The summed E-state index contributed by atoms with van der Waals surface area (Å²) in [4.78, 5) is 43.6. The van der Waals surface area contributed by atoms with Crippen LogP contribution in [0.3, 0.4) is 0 Å². The lowest BCUT2D eigenvalue weighted by Crippen LogP contribution is -2.42. The Bertz CT molecular complexity index is 788. The Morgan fingerprint density at radius 1 is 0.871 bits per heavy atom. The van der Waals surface area contributed by atoms with Gasteiger partial charge in [-0.1, -0.05) is 12.1 Å². The number of aryl methyl sites for hydroxylation is 2. The van der Waals surface area contributed by atoms with Crippen LogP contribution in [-0.2, 0) is 22.4 Å². The Kier molecular flexibility index (Phi) is 8.64. The van der Waals surface area contributed by atoms with E-state index in [-0.39, 0.29) is 30.4 Å². The van der Waals surface area contributed by atoms with E-state index in [1.807, 2.05) is 35.8 Å². The van der Waals surface area contributed by atoms with E-state index in [1.54, 1.807) is 0 Å². The van der Waals surface area contributed by atoms with Crippen molar-refractivity contribution in [3.8, 4) is 0 Å². The van der Waals surface area contributed by atoms with Crippen LogP contribution >= 0.6 is 0 Å². The first-order valence-corrected chi connectivity index (χ1v) is 11.9. The summed E-state index contributed by atoms with van der Waals surface area (Å²) < 4.78 is 0. The molecule has 2 amide bonds. The fourth-order valence-electron chi connectivity index (χ4n) is 4.68. The first-order valence-electron chi connectivity index (χ1n) is 11.9. The van der Waals surface area contributed by atoms with Crippen LogP contribution in [0.15, 0.2) is 18.2 Å². The number of carbonyl (C=O) groups excluding carboxylic acids is 3. The number of likely N-dealkylation sites (N-methyl/N-ethyl adjacent to an activating group) is 1. The minimum atomic E-state index is 0.0447. The highest BCUT2D eigenvalue weighted by molar-refractivity contribution is 5.98. The Labute approximate surface area is 186 Å². The molecule has 170 valence electrons. The molecule has 3 rings (SSSR count). The van der Waals surface area contributed by atoms with Gasteiger partial charge in [-0.25, -0.2) is 0 Å². The summed E-state index contributed by atoms with van der Waals surface area (Å²) in [6.45, 7) is 8.71. The predicted octanol–water partition coefficient (Wildman–Crippen LogP) is 2.93. The van der Waals surface area contributed by atoms with Crippen LogP contribution in [0.25, 0.3) is 0 Å². The topological polar surface area (TPSA) is 60.9 Å². The molecule has 0 unspecified atom stereocenters. The van der Waals surface area contributed by atoms with Gasteiger partial charge in [-0.05, 0) is 63.1 Å². The number of benzene rings is 1. The Hall–Kier alpha value is -2.21. The zero-order chi connectivity index (χ0) is 22.2. The van der Waals surface area contributed by atoms with E-state index in [0.717, 1.165) is 44.5 Å². The number of nitrogens with zero attached hydrogens (tertiary/aromatic N) is 3. The lowest BCUT2D eigenvalue weighted by atomic mass is 9.89. The van der Waals surface area contributed by atoms with Gasteiger partial charge in [0, 0.05) is 57.7 Å². The van der Waals surface area contributed by atoms with Crippen molar-refractivity contribution < 1.29 is 14.4 Å². The second kappa shape index (κ2) is 11.4. The summed E-state index contributed by atoms with van der Waals surface area (Å²) in [5.41, 5.74) is 3.41. The molecule has 6 nitrogen and oxygen atoms in total. The Morgan fingerprint density at radius 2 is 1.61 bits per heavy atom. The van der Waals surface area contributed by atoms with E-state index in [9.17, 15) is 14.4 Å².